The Balaban J connectivity index is 3.93. The summed E-state index contributed by atoms with van der Waals surface area (Å²) in [6.07, 6.45) is 1.44. The number of sulfone groups is 1. The SMILES string of the molecule is CC(C)(CNC(=O)CCCS(C)(=O)=O)C(=O)O. The number of hydrogen-bond donors (Lipinski definition) is 2. The Bertz CT molecular complexity index is 386. The lowest BCUT2D eigenvalue weighted by Crippen LogP contribution is -2.38. The van der Waals surface area contributed by atoms with Crippen molar-refractivity contribution >= 4 is 21.7 Å². The molecule has 0 saturated carbocycles. The Hall–Kier alpha value is -1.11. The topological polar surface area (TPSA) is 101 Å². The van der Waals surface area contributed by atoms with Gasteiger partial charge in [0, 0.05) is 19.2 Å². The molecule has 0 aromatic carbocycles. The monoisotopic (exact) mass is 265 g/mol. The molecule has 0 atom stereocenters. The van der Waals surface area contributed by atoms with Gasteiger partial charge in [-0.05, 0) is 20.3 Å². The van der Waals surface area contributed by atoms with E-state index in [-0.39, 0.29) is 31.0 Å². The fraction of sp³-hybridized carbons (Fsp3) is 0.800. The van der Waals surface area contributed by atoms with Gasteiger partial charge in [0.15, 0.2) is 0 Å². The summed E-state index contributed by atoms with van der Waals surface area (Å²) >= 11 is 0. The second-order valence-electron chi connectivity index (χ2n) is 4.70. The molecule has 17 heavy (non-hydrogen) atoms. The van der Waals surface area contributed by atoms with Crippen molar-refractivity contribution in [2.45, 2.75) is 26.7 Å². The third kappa shape index (κ3) is 7.73. The highest BCUT2D eigenvalue weighted by molar-refractivity contribution is 7.90. The Morgan fingerprint density at radius 1 is 1.29 bits per heavy atom. The standard InChI is InChI=1S/C10H19NO5S/c1-10(2,9(13)14)7-11-8(12)5-4-6-17(3,15)16/h4-7H2,1-3H3,(H,11,12)(H,13,14). The summed E-state index contributed by atoms with van der Waals surface area (Å²) in [5, 5.41) is 11.3. The zero-order chi connectivity index (χ0) is 13.7. The van der Waals surface area contributed by atoms with Crippen LogP contribution in [-0.2, 0) is 19.4 Å². The fourth-order valence-electron chi connectivity index (χ4n) is 0.978. The summed E-state index contributed by atoms with van der Waals surface area (Å²) in [6, 6.07) is 0. The molecule has 6 nitrogen and oxygen atoms in total. The number of hydrogen-bond acceptors (Lipinski definition) is 4. The van der Waals surface area contributed by atoms with E-state index in [9.17, 15) is 18.0 Å². The van der Waals surface area contributed by atoms with E-state index in [0.717, 1.165) is 6.26 Å². The second-order valence-corrected chi connectivity index (χ2v) is 6.96. The van der Waals surface area contributed by atoms with Crippen LogP contribution in [0.5, 0.6) is 0 Å². The van der Waals surface area contributed by atoms with Crippen LogP contribution in [0.4, 0.5) is 0 Å². The molecule has 0 saturated heterocycles. The molecule has 0 aliphatic carbocycles. The summed E-state index contributed by atoms with van der Waals surface area (Å²) < 4.78 is 21.6. The second kappa shape index (κ2) is 6.00. The number of carboxylic acid groups (broad SMARTS) is 1. The first-order valence-electron chi connectivity index (χ1n) is 5.22. The van der Waals surface area contributed by atoms with Crippen LogP contribution in [0.1, 0.15) is 26.7 Å². The summed E-state index contributed by atoms with van der Waals surface area (Å²) in [5.41, 5.74) is -1.02. The average Bonchev–Trinajstić information content (AvgIpc) is 2.12. The maximum atomic E-state index is 11.3. The number of amides is 1. The van der Waals surface area contributed by atoms with Crippen molar-refractivity contribution in [3.8, 4) is 0 Å². The maximum Gasteiger partial charge on any atom is 0.310 e. The Morgan fingerprint density at radius 3 is 2.24 bits per heavy atom. The lowest BCUT2D eigenvalue weighted by atomic mass is 9.94. The van der Waals surface area contributed by atoms with Gasteiger partial charge < -0.3 is 10.4 Å². The number of carbonyl (C=O) groups is 2. The van der Waals surface area contributed by atoms with Gasteiger partial charge in [0.05, 0.1) is 11.2 Å². The van der Waals surface area contributed by atoms with Crippen LogP contribution in [0.2, 0.25) is 0 Å². The predicted molar refractivity (Wildman–Crippen MR) is 63.4 cm³/mol. The highest BCUT2D eigenvalue weighted by Gasteiger charge is 2.27. The smallest absolute Gasteiger partial charge is 0.310 e. The van der Waals surface area contributed by atoms with Crippen LogP contribution < -0.4 is 5.32 Å². The van der Waals surface area contributed by atoms with Crippen molar-refractivity contribution in [1.29, 1.82) is 0 Å². The number of aliphatic carboxylic acids is 1. The first-order valence-corrected chi connectivity index (χ1v) is 7.28. The van der Waals surface area contributed by atoms with E-state index in [1.165, 1.54) is 13.8 Å². The molecule has 0 fully saturated rings. The number of carboxylic acids is 1. The molecule has 7 heteroatoms. The van der Waals surface area contributed by atoms with Crippen molar-refractivity contribution < 1.29 is 23.1 Å². The van der Waals surface area contributed by atoms with E-state index < -0.39 is 21.2 Å². The molecule has 0 aliphatic heterocycles. The molecule has 0 aromatic heterocycles. The molecule has 0 aliphatic rings. The van der Waals surface area contributed by atoms with Gasteiger partial charge >= 0.3 is 5.97 Å². The summed E-state index contributed by atoms with van der Waals surface area (Å²) in [4.78, 5) is 22.0. The fourth-order valence-corrected chi connectivity index (χ4v) is 1.65. The average molecular weight is 265 g/mol. The summed E-state index contributed by atoms with van der Waals surface area (Å²) in [6.45, 7) is 3.04. The normalized spacial score (nSPS) is 12.2. The molecule has 0 rings (SSSR count). The van der Waals surface area contributed by atoms with Gasteiger partial charge in [-0.2, -0.15) is 0 Å². The number of carbonyl (C=O) groups excluding carboxylic acids is 1. The molecule has 100 valence electrons. The van der Waals surface area contributed by atoms with Crippen molar-refractivity contribution in [3.05, 3.63) is 0 Å². The van der Waals surface area contributed by atoms with Gasteiger partial charge in [-0.25, -0.2) is 8.42 Å². The van der Waals surface area contributed by atoms with Crippen LogP contribution in [0.3, 0.4) is 0 Å². The highest BCUT2D eigenvalue weighted by Crippen LogP contribution is 2.13. The molecule has 2 N–H and O–H groups in total. The molecule has 0 aromatic rings. The van der Waals surface area contributed by atoms with Gasteiger partial charge in [0.2, 0.25) is 5.91 Å². The lowest BCUT2D eigenvalue weighted by Gasteiger charge is -2.19. The van der Waals surface area contributed by atoms with Gasteiger partial charge in [0.1, 0.15) is 9.84 Å². The maximum absolute atomic E-state index is 11.3. The summed E-state index contributed by atoms with van der Waals surface area (Å²) in [5.74, 6) is -1.36. The zero-order valence-corrected chi connectivity index (χ0v) is 11.1. The zero-order valence-electron chi connectivity index (χ0n) is 10.3. The van der Waals surface area contributed by atoms with Crippen LogP contribution >= 0.6 is 0 Å². The van der Waals surface area contributed by atoms with E-state index in [1.54, 1.807) is 0 Å². The van der Waals surface area contributed by atoms with Crippen molar-refractivity contribution in [1.82, 2.24) is 5.32 Å². The van der Waals surface area contributed by atoms with Crippen LogP contribution in [-0.4, -0.2) is 44.0 Å². The molecule has 0 unspecified atom stereocenters. The predicted octanol–water partition coefficient (Wildman–Crippen LogP) is 0.0382. The van der Waals surface area contributed by atoms with E-state index in [2.05, 4.69) is 5.32 Å². The largest absolute Gasteiger partial charge is 0.481 e. The van der Waals surface area contributed by atoms with E-state index in [4.69, 9.17) is 5.11 Å². The molecular formula is C10H19NO5S. The first kappa shape index (κ1) is 15.9. The molecule has 0 radical (unpaired) electrons. The molecule has 0 heterocycles. The quantitative estimate of drug-likeness (QED) is 0.676. The minimum atomic E-state index is -3.05. The Morgan fingerprint density at radius 2 is 1.82 bits per heavy atom. The van der Waals surface area contributed by atoms with Gasteiger partial charge in [0.25, 0.3) is 0 Å². The molecule has 0 bridgehead atoms. The molecular weight excluding hydrogens is 246 g/mol. The minimum absolute atomic E-state index is 0.0278. The minimum Gasteiger partial charge on any atom is -0.481 e. The number of rotatable bonds is 7. The Labute approximate surface area is 101 Å². The van der Waals surface area contributed by atoms with Gasteiger partial charge in [-0.15, -0.1) is 0 Å². The van der Waals surface area contributed by atoms with E-state index >= 15 is 0 Å². The Kier molecular flexibility index (Phi) is 5.60. The van der Waals surface area contributed by atoms with E-state index in [0.29, 0.717) is 0 Å². The van der Waals surface area contributed by atoms with E-state index in [1.807, 2.05) is 0 Å². The van der Waals surface area contributed by atoms with Gasteiger partial charge in [-0.1, -0.05) is 0 Å². The molecule has 1 amide bonds. The van der Waals surface area contributed by atoms with Gasteiger partial charge in [-0.3, -0.25) is 9.59 Å². The molecule has 0 spiro atoms. The third-order valence-corrected chi connectivity index (χ3v) is 3.26. The highest BCUT2D eigenvalue weighted by atomic mass is 32.2. The summed E-state index contributed by atoms with van der Waals surface area (Å²) in [7, 11) is -3.05. The third-order valence-electron chi connectivity index (χ3n) is 2.23. The van der Waals surface area contributed by atoms with Crippen LogP contribution in [0.25, 0.3) is 0 Å². The number of nitrogens with one attached hydrogen (secondary N) is 1. The van der Waals surface area contributed by atoms with Crippen molar-refractivity contribution in [3.63, 3.8) is 0 Å². The van der Waals surface area contributed by atoms with Crippen LogP contribution in [0, 0.1) is 5.41 Å². The van der Waals surface area contributed by atoms with Crippen LogP contribution in [0.15, 0.2) is 0 Å². The lowest BCUT2D eigenvalue weighted by molar-refractivity contribution is -0.146. The van der Waals surface area contributed by atoms with Crippen molar-refractivity contribution in [2.24, 2.45) is 5.41 Å². The first-order chi connectivity index (χ1) is 7.54. The van der Waals surface area contributed by atoms with Crippen molar-refractivity contribution in [2.75, 3.05) is 18.6 Å².